The number of imidazole rings is 1. The molecule has 3 rings (SSSR count). The summed E-state index contributed by atoms with van der Waals surface area (Å²) in [5, 5.41) is 3.14. The molecule has 0 radical (unpaired) electrons. The number of hydrogen-bond donors (Lipinski definition) is 2. The van der Waals surface area contributed by atoms with Crippen LogP contribution >= 0.6 is 0 Å². The van der Waals surface area contributed by atoms with E-state index in [0.717, 1.165) is 37.4 Å². The molecule has 2 aromatic heterocycles. The van der Waals surface area contributed by atoms with Crippen LogP contribution in [0.4, 0.5) is 11.8 Å². The van der Waals surface area contributed by atoms with Crippen LogP contribution < -0.4 is 10.2 Å². The van der Waals surface area contributed by atoms with E-state index in [4.69, 9.17) is 4.74 Å². The van der Waals surface area contributed by atoms with Crippen LogP contribution in [0.5, 0.6) is 0 Å². The van der Waals surface area contributed by atoms with Gasteiger partial charge in [0, 0.05) is 26.7 Å². The molecule has 2 N–H and O–H groups in total. The van der Waals surface area contributed by atoms with E-state index in [0.29, 0.717) is 11.6 Å². The Labute approximate surface area is 111 Å². The van der Waals surface area contributed by atoms with E-state index < -0.39 is 0 Å². The van der Waals surface area contributed by atoms with E-state index in [2.05, 4.69) is 30.2 Å². The number of nitrogens with zero attached hydrogens (tertiary/aromatic N) is 4. The molecule has 1 fully saturated rings. The summed E-state index contributed by atoms with van der Waals surface area (Å²) in [6.07, 6.45) is 2.95. The van der Waals surface area contributed by atoms with Crippen molar-refractivity contribution in [1.29, 1.82) is 0 Å². The maximum absolute atomic E-state index is 5.41. The predicted octanol–water partition coefficient (Wildman–Crippen LogP) is 1.01. The first kappa shape index (κ1) is 12.2. The zero-order chi connectivity index (χ0) is 13.2. The summed E-state index contributed by atoms with van der Waals surface area (Å²) < 4.78 is 5.41. The second-order valence-electron chi connectivity index (χ2n) is 4.59. The number of H-pyrrole nitrogens is 1. The molecule has 1 unspecified atom stereocenters. The van der Waals surface area contributed by atoms with E-state index in [1.807, 2.05) is 6.92 Å². The molecule has 7 heteroatoms. The van der Waals surface area contributed by atoms with Crippen molar-refractivity contribution in [3.05, 3.63) is 6.33 Å². The highest BCUT2D eigenvalue weighted by Crippen LogP contribution is 2.26. The van der Waals surface area contributed by atoms with Crippen LogP contribution in [0.1, 0.15) is 13.3 Å². The molecular formula is C12H18N6O. The maximum atomic E-state index is 5.41. The standard InChI is InChI=1S/C12H18N6O/c1-3-13-12-16-10-9(14-7-15-10)11(17-12)18-5-4-8(6-18)19-2/h7-8H,3-6H2,1-2H3,(H2,13,14,15,16,17). The summed E-state index contributed by atoms with van der Waals surface area (Å²) in [6, 6.07) is 0. The van der Waals surface area contributed by atoms with Gasteiger partial charge in [-0.1, -0.05) is 0 Å². The largest absolute Gasteiger partial charge is 0.380 e. The number of anilines is 2. The van der Waals surface area contributed by atoms with Crippen LogP contribution in [-0.4, -0.2) is 52.8 Å². The Morgan fingerprint density at radius 3 is 3.16 bits per heavy atom. The van der Waals surface area contributed by atoms with Gasteiger partial charge in [0.2, 0.25) is 5.95 Å². The molecule has 3 heterocycles. The van der Waals surface area contributed by atoms with Gasteiger partial charge in [0.1, 0.15) is 5.52 Å². The lowest BCUT2D eigenvalue weighted by atomic mass is 10.3. The molecule has 0 bridgehead atoms. The van der Waals surface area contributed by atoms with Crippen LogP contribution in [0.2, 0.25) is 0 Å². The van der Waals surface area contributed by atoms with Crippen LogP contribution in [0.25, 0.3) is 11.2 Å². The van der Waals surface area contributed by atoms with Crippen molar-refractivity contribution >= 4 is 22.9 Å². The SMILES string of the molecule is CCNc1nc(N2CCC(OC)C2)c2[nH]cnc2n1. The Hall–Kier alpha value is -1.89. The number of rotatable bonds is 4. The Morgan fingerprint density at radius 2 is 2.42 bits per heavy atom. The highest BCUT2D eigenvalue weighted by molar-refractivity contribution is 5.84. The van der Waals surface area contributed by atoms with Crippen molar-refractivity contribution < 1.29 is 4.74 Å². The summed E-state index contributed by atoms with van der Waals surface area (Å²) >= 11 is 0. The topological polar surface area (TPSA) is 79.0 Å². The molecule has 2 aromatic rings. The van der Waals surface area contributed by atoms with E-state index in [1.54, 1.807) is 13.4 Å². The molecule has 0 saturated carbocycles. The summed E-state index contributed by atoms with van der Waals surface area (Å²) in [5.41, 5.74) is 1.58. The van der Waals surface area contributed by atoms with Gasteiger partial charge in [0.15, 0.2) is 11.5 Å². The molecule has 0 amide bonds. The fraction of sp³-hybridized carbons (Fsp3) is 0.583. The van der Waals surface area contributed by atoms with Crippen molar-refractivity contribution in [3.8, 4) is 0 Å². The minimum atomic E-state index is 0.274. The number of aromatic nitrogens is 4. The quantitative estimate of drug-likeness (QED) is 0.856. The highest BCUT2D eigenvalue weighted by atomic mass is 16.5. The lowest BCUT2D eigenvalue weighted by Crippen LogP contribution is -2.24. The summed E-state index contributed by atoms with van der Waals surface area (Å²) in [6.45, 7) is 4.60. The number of nitrogens with one attached hydrogen (secondary N) is 2. The number of ether oxygens (including phenoxy) is 1. The average molecular weight is 262 g/mol. The number of aromatic amines is 1. The van der Waals surface area contributed by atoms with Gasteiger partial charge in [-0.15, -0.1) is 0 Å². The summed E-state index contributed by atoms with van der Waals surface area (Å²) in [4.78, 5) is 18.5. The molecule has 1 aliphatic rings. The zero-order valence-electron chi connectivity index (χ0n) is 11.2. The minimum absolute atomic E-state index is 0.274. The van der Waals surface area contributed by atoms with Crippen LogP contribution in [0.15, 0.2) is 6.33 Å². The summed E-state index contributed by atoms with van der Waals surface area (Å²) in [5.74, 6) is 1.52. The number of hydrogen-bond acceptors (Lipinski definition) is 6. The van der Waals surface area contributed by atoms with E-state index in [1.165, 1.54) is 0 Å². The monoisotopic (exact) mass is 262 g/mol. The van der Waals surface area contributed by atoms with Crippen LogP contribution in [0, 0.1) is 0 Å². The lowest BCUT2D eigenvalue weighted by molar-refractivity contribution is 0.121. The first-order valence-electron chi connectivity index (χ1n) is 6.54. The van der Waals surface area contributed by atoms with Gasteiger partial charge in [0.05, 0.1) is 12.4 Å². The molecule has 0 aliphatic carbocycles. The van der Waals surface area contributed by atoms with Crippen molar-refractivity contribution in [1.82, 2.24) is 19.9 Å². The van der Waals surface area contributed by atoms with Crippen molar-refractivity contribution in [2.45, 2.75) is 19.4 Å². The van der Waals surface area contributed by atoms with Gasteiger partial charge < -0.3 is 19.9 Å². The van der Waals surface area contributed by atoms with E-state index >= 15 is 0 Å². The van der Waals surface area contributed by atoms with Gasteiger partial charge in [0.25, 0.3) is 0 Å². The Balaban J connectivity index is 1.98. The van der Waals surface area contributed by atoms with E-state index in [9.17, 15) is 0 Å². The zero-order valence-corrected chi connectivity index (χ0v) is 11.2. The number of methoxy groups -OCH3 is 1. The Morgan fingerprint density at radius 1 is 1.53 bits per heavy atom. The molecular weight excluding hydrogens is 244 g/mol. The predicted molar refractivity (Wildman–Crippen MR) is 73.5 cm³/mol. The minimum Gasteiger partial charge on any atom is -0.380 e. The van der Waals surface area contributed by atoms with Gasteiger partial charge in [-0.3, -0.25) is 0 Å². The third kappa shape index (κ3) is 2.21. The maximum Gasteiger partial charge on any atom is 0.226 e. The highest BCUT2D eigenvalue weighted by Gasteiger charge is 2.25. The first-order chi connectivity index (χ1) is 9.31. The third-order valence-corrected chi connectivity index (χ3v) is 3.38. The molecule has 1 aliphatic heterocycles. The molecule has 1 saturated heterocycles. The molecule has 0 aromatic carbocycles. The van der Waals surface area contributed by atoms with Gasteiger partial charge in [-0.05, 0) is 13.3 Å². The first-order valence-corrected chi connectivity index (χ1v) is 6.54. The molecule has 1 atom stereocenters. The molecule has 19 heavy (non-hydrogen) atoms. The third-order valence-electron chi connectivity index (χ3n) is 3.38. The van der Waals surface area contributed by atoms with Crippen molar-refractivity contribution in [2.75, 3.05) is 37.0 Å². The lowest BCUT2D eigenvalue weighted by Gasteiger charge is -2.18. The van der Waals surface area contributed by atoms with Crippen molar-refractivity contribution in [2.24, 2.45) is 0 Å². The fourth-order valence-corrected chi connectivity index (χ4v) is 2.40. The van der Waals surface area contributed by atoms with Gasteiger partial charge in [-0.2, -0.15) is 9.97 Å². The molecule has 0 spiro atoms. The van der Waals surface area contributed by atoms with Crippen LogP contribution in [0.3, 0.4) is 0 Å². The second-order valence-corrected chi connectivity index (χ2v) is 4.59. The average Bonchev–Trinajstić information content (AvgIpc) is 3.06. The summed E-state index contributed by atoms with van der Waals surface area (Å²) in [7, 11) is 1.75. The van der Waals surface area contributed by atoms with Gasteiger partial charge >= 0.3 is 0 Å². The van der Waals surface area contributed by atoms with E-state index in [-0.39, 0.29) is 6.10 Å². The number of fused-ring (bicyclic) bond motifs is 1. The normalized spacial score (nSPS) is 19.3. The Bertz CT molecular complexity index is 568. The van der Waals surface area contributed by atoms with Crippen LogP contribution in [-0.2, 0) is 4.74 Å². The second kappa shape index (κ2) is 5.00. The molecule has 7 nitrogen and oxygen atoms in total. The Kier molecular flexibility index (Phi) is 3.20. The molecule has 102 valence electrons. The smallest absolute Gasteiger partial charge is 0.226 e. The van der Waals surface area contributed by atoms with Crippen molar-refractivity contribution in [3.63, 3.8) is 0 Å². The fourth-order valence-electron chi connectivity index (χ4n) is 2.40. The van der Waals surface area contributed by atoms with Gasteiger partial charge in [-0.25, -0.2) is 4.98 Å².